The minimum atomic E-state index is -0.379. The summed E-state index contributed by atoms with van der Waals surface area (Å²) in [5, 5.41) is 3.71. The van der Waals surface area contributed by atoms with E-state index in [4.69, 9.17) is 21.1 Å². The van der Waals surface area contributed by atoms with Crippen molar-refractivity contribution in [3.63, 3.8) is 0 Å². The van der Waals surface area contributed by atoms with Crippen LogP contribution < -0.4 is 14.8 Å². The summed E-state index contributed by atoms with van der Waals surface area (Å²) in [4.78, 5) is 4.01. The molecule has 1 N–H and O–H groups in total. The Labute approximate surface area is 176 Å². The van der Waals surface area contributed by atoms with E-state index in [1.807, 2.05) is 24.3 Å². The van der Waals surface area contributed by atoms with E-state index in [-0.39, 0.29) is 12.4 Å². The molecule has 28 heavy (non-hydrogen) atoms. The number of hydrogen-bond donors (Lipinski definition) is 1. The van der Waals surface area contributed by atoms with Gasteiger partial charge >= 0.3 is 0 Å². The van der Waals surface area contributed by atoms with Crippen molar-refractivity contribution in [3.05, 3.63) is 86.9 Å². The third-order valence-electron chi connectivity index (χ3n) is 4.08. The van der Waals surface area contributed by atoms with Crippen LogP contribution in [0.5, 0.6) is 11.5 Å². The van der Waals surface area contributed by atoms with Crippen LogP contribution in [0.15, 0.2) is 59.3 Å². The van der Waals surface area contributed by atoms with E-state index in [9.17, 15) is 4.39 Å². The zero-order chi connectivity index (χ0) is 19.9. The minimum Gasteiger partial charge on any atom is -0.493 e. The van der Waals surface area contributed by atoms with E-state index in [2.05, 4.69) is 26.2 Å². The van der Waals surface area contributed by atoms with Gasteiger partial charge in [0.2, 0.25) is 0 Å². The summed E-state index contributed by atoms with van der Waals surface area (Å²) < 4.78 is 25.3. The summed E-state index contributed by atoms with van der Waals surface area (Å²) in [7, 11) is 1.59. The van der Waals surface area contributed by atoms with Crippen LogP contribution in [0.25, 0.3) is 0 Å². The van der Waals surface area contributed by atoms with Crippen molar-refractivity contribution in [2.45, 2.75) is 19.7 Å². The number of nitrogens with zero attached hydrogens (tertiary/aromatic N) is 1. The number of benzene rings is 2. The molecule has 4 nitrogen and oxygen atoms in total. The zero-order valence-electron chi connectivity index (χ0n) is 15.2. The van der Waals surface area contributed by atoms with E-state index >= 15 is 0 Å². The topological polar surface area (TPSA) is 43.4 Å². The van der Waals surface area contributed by atoms with E-state index in [0.29, 0.717) is 28.6 Å². The number of halogens is 3. The second kappa shape index (κ2) is 9.87. The lowest BCUT2D eigenvalue weighted by Crippen LogP contribution is -2.13. The third-order valence-corrected chi connectivity index (χ3v) is 5.02. The summed E-state index contributed by atoms with van der Waals surface area (Å²) in [6.45, 7) is 1.61. The Bertz CT molecular complexity index is 941. The Morgan fingerprint density at radius 2 is 1.82 bits per heavy atom. The predicted octanol–water partition coefficient (Wildman–Crippen LogP) is 5.51. The van der Waals surface area contributed by atoms with Crippen molar-refractivity contribution < 1.29 is 13.9 Å². The van der Waals surface area contributed by atoms with Gasteiger partial charge in [-0.3, -0.25) is 4.98 Å². The van der Waals surface area contributed by atoms with Gasteiger partial charge in [0.25, 0.3) is 0 Å². The summed E-state index contributed by atoms with van der Waals surface area (Å²) in [5.41, 5.74) is 2.90. The molecule has 3 aromatic rings. The fourth-order valence-electron chi connectivity index (χ4n) is 2.66. The molecule has 0 saturated heterocycles. The molecule has 0 fully saturated rings. The zero-order valence-corrected chi connectivity index (χ0v) is 17.6. The maximum atomic E-state index is 13.2. The van der Waals surface area contributed by atoms with Gasteiger partial charge in [-0.05, 0) is 63.5 Å². The monoisotopic (exact) mass is 464 g/mol. The number of hydrogen-bond acceptors (Lipinski definition) is 4. The first kappa shape index (κ1) is 20.6. The van der Waals surface area contributed by atoms with Crippen LogP contribution in [-0.2, 0) is 19.7 Å². The van der Waals surface area contributed by atoms with Crippen molar-refractivity contribution in [3.8, 4) is 11.5 Å². The molecule has 3 rings (SSSR count). The van der Waals surface area contributed by atoms with Gasteiger partial charge in [-0.15, -0.1) is 0 Å². The van der Waals surface area contributed by atoms with Crippen LogP contribution in [-0.4, -0.2) is 12.1 Å². The van der Waals surface area contributed by atoms with Gasteiger partial charge in [0, 0.05) is 31.0 Å². The van der Waals surface area contributed by atoms with Crippen molar-refractivity contribution in [2.24, 2.45) is 0 Å². The first-order chi connectivity index (χ1) is 13.6. The molecular weight excluding hydrogens is 447 g/mol. The molecule has 0 aliphatic heterocycles. The molecule has 0 amide bonds. The molecule has 7 heteroatoms. The first-order valence-electron chi connectivity index (χ1n) is 8.59. The van der Waals surface area contributed by atoms with Crippen LogP contribution in [0, 0.1) is 5.82 Å². The molecule has 0 bridgehead atoms. The molecule has 0 atom stereocenters. The molecule has 0 aliphatic carbocycles. The highest BCUT2D eigenvalue weighted by Gasteiger charge is 2.13. The number of ether oxygens (including phenoxy) is 2. The molecule has 0 unspecified atom stereocenters. The Balaban J connectivity index is 1.67. The third kappa shape index (κ3) is 5.44. The molecule has 1 heterocycles. The molecule has 1 aromatic heterocycles. The molecule has 0 radical (unpaired) electrons. The average molecular weight is 466 g/mol. The summed E-state index contributed by atoms with van der Waals surface area (Å²) in [6, 6.07) is 12.1. The van der Waals surface area contributed by atoms with Gasteiger partial charge in [0.15, 0.2) is 11.5 Å². The minimum absolute atomic E-state index is 0.202. The van der Waals surface area contributed by atoms with Gasteiger partial charge in [-0.25, -0.2) is 4.39 Å². The number of nitrogens with one attached hydrogen (secondary N) is 1. The van der Waals surface area contributed by atoms with E-state index in [1.165, 1.54) is 12.1 Å². The Hall–Kier alpha value is -2.15. The van der Waals surface area contributed by atoms with Gasteiger partial charge in [-0.1, -0.05) is 17.7 Å². The number of methoxy groups -OCH3 is 1. The molecule has 0 spiro atoms. The van der Waals surface area contributed by atoms with Crippen LogP contribution in [0.4, 0.5) is 4.39 Å². The van der Waals surface area contributed by atoms with Crippen molar-refractivity contribution in [2.75, 3.05) is 7.11 Å². The maximum absolute atomic E-state index is 13.2. The highest BCUT2D eigenvalue weighted by Crippen LogP contribution is 2.37. The fourth-order valence-corrected chi connectivity index (χ4v) is 3.48. The first-order valence-corrected chi connectivity index (χ1v) is 9.76. The van der Waals surface area contributed by atoms with Crippen molar-refractivity contribution >= 4 is 27.5 Å². The van der Waals surface area contributed by atoms with Crippen LogP contribution >= 0.6 is 27.5 Å². The second-order valence-electron chi connectivity index (χ2n) is 6.09. The number of pyridine rings is 1. The normalized spacial score (nSPS) is 10.7. The summed E-state index contributed by atoms with van der Waals surface area (Å²) in [6.07, 6.45) is 3.55. The SMILES string of the molecule is COc1cc(CNCc2ccncc2)cc(Br)c1OCc1ccc(F)cc1Cl. The van der Waals surface area contributed by atoms with Gasteiger partial charge < -0.3 is 14.8 Å². The van der Waals surface area contributed by atoms with Crippen LogP contribution in [0.1, 0.15) is 16.7 Å². The molecule has 0 saturated carbocycles. The molecular formula is C21H19BrClFN2O2. The fraction of sp³-hybridized carbons (Fsp3) is 0.190. The largest absolute Gasteiger partial charge is 0.493 e. The van der Waals surface area contributed by atoms with E-state index < -0.39 is 0 Å². The smallest absolute Gasteiger partial charge is 0.175 e. The number of rotatable bonds is 8. The summed E-state index contributed by atoms with van der Waals surface area (Å²) in [5.74, 6) is 0.797. The van der Waals surface area contributed by atoms with E-state index in [1.54, 1.807) is 25.6 Å². The quantitative estimate of drug-likeness (QED) is 0.476. The van der Waals surface area contributed by atoms with Gasteiger partial charge in [0.05, 0.1) is 16.6 Å². The van der Waals surface area contributed by atoms with Crippen LogP contribution in [0.2, 0.25) is 5.02 Å². The van der Waals surface area contributed by atoms with Gasteiger partial charge in [0.1, 0.15) is 12.4 Å². The summed E-state index contributed by atoms with van der Waals surface area (Å²) >= 11 is 9.61. The highest BCUT2D eigenvalue weighted by molar-refractivity contribution is 9.10. The lowest BCUT2D eigenvalue weighted by Gasteiger charge is -2.15. The van der Waals surface area contributed by atoms with Gasteiger partial charge in [-0.2, -0.15) is 0 Å². The van der Waals surface area contributed by atoms with Crippen LogP contribution in [0.3, 0.4) is 0 Å². The lowest BCUT2D eigenvalue weighted by atomic mass is 10.2. The molecule has 0 aliphatic rings. The van der Waals surface area contributed by atoms with Crippen molar-refractivity contribution in [1.29, 1.82) is 0 Å². The Morgan fingerprint density at radius 1 is 1.07 bits per heavy atom. The Kier molecular flexibility index (Phi) is 7.25. The average Bonchev–Trinajstić information content (AvgIpc) is 2.69. The molecule has 146 valence electrons. The second-order valence-corrected chi connectivity index (χ2v) is 7.35. The lowest BCUT2D eigenvalue weighted by molar-refractivity contribution is 0.282. The standard InChI is InChI=1S/C21H19BrClFN2O2/c1-27-20-9-15(12-26-11-14-4-6-25-7-5-14)8-18(22)21(20)28-13-16-2-3-17(24)10-19(16)23/h2-10,26H,11-13H2,1H3. The van der Waals surface area contributed by atoms with E-state index in [0.717, 1.165) is 22.1 Å². The number of aromatic nitrogens is 1. The predicted molar refractivity (Wildman–Crippen MR) is 111 cm³/mol. The maximum Gasteiger partial charge on any atom is 0.175 e. The highest BCUT2D eigenvalue weighted by atomic mass is 79.9. The Morgan fingerprint density at radius 3 is 2.54 bits per heavy atom. The van der Waals surface area contributed by atoms with Crippen molar-refractivity contribution in [1.82, 2.24) is 10.3 Å². The molecule has 2 aromatic carbocycles.